The molecule has 1 aromatic carbocycles. The molecule has 13 heavy (non-hydrogen) atoms. The van der Waals surface area contributed by atoms with Gasteiger partial charge in [0.15, 0.2) is 0 Å². The minimum absolute atomic E-state index is 0.316. The molecule has 0 aliphatic rings. The molecule has 0 saturated carbocycles. The van der Waals surface area contributed by atoms with Gasteiger partial charge in [0.05, 0.1) is 5.52 Å². The lowest BCUT2D eigenvalue weighted by Crippen LogP contribution is -2.08. The summed E-state index contributed by atoms with van der Waals surface area (Å²) in [6, 6.07) is 7.48. The second kappa shape index (κ2) is 3.11. The molecular formula is C10H12N2O. The maximum absolute atomic E-state index is 9.61. The fraction of sp³-hybridized carbons (Fsp3) is 0.200. The van der Waals surface area contributed by atoms with Crippen molar-refractivity contribution in [2.45, 2.75) is 6.54 Å². The van der Waals surface area contributed by atoms with E-state index in [1.807, 2.05) is 29.0 Å². The van der Waals surface area contributed by atoms with Crippen molar-refractivity contribution in [3.8, 4) is 5.75 Å². The summed E-state index contributed by atoms with van der Waals surface area (Å²) in [4.78, 5) is 0. The molecule has 0 aliphatic carbocycles. The van der Waals surface area contributed by atoms with Gasteiger partial charge in [0, 0.05) is 24.7 Å². The molecular weight excluding hydrogens is 164 g/mol. The van der Waals surface area contributed by atoms with E-state index in [1.54, 1.807) is 6.07 Å². The summed E-state index contributed by atoms with van der Waals surface area (Å²) in [7, 11) is 0. The smallest absolute Gasteiger partial charge is 0.139 e. The van der Waals surface area contributed by atoms with Gasteiger partial charge in [-0.3, -0.25) is 0 Å². The minimum Gasteiger partial charge on any atom is -0.506 e. The Hall–Kier alpha value is -1.48. The van der Waals surface area contributed by atoms with Gasteiger partial charge in [0.1, 0.15) is 5.75 Å². The van der Waals surface area contributed by atoms with Crippen molar-refractivity contribution in [2.75, 3.05) is 6.54 Å². The highest BCUT2D eigenvalue weighted by atomic mass is 16.3. The number of nitrogens with two attached hydrogens (primary N) is 1. The SMILES string of the molecule is NCCn1ccc2cccc(O)c21. The number of rotatable bonds is 2. The molecule has 0 atom stereocenters. The van der Waals surface area contributed by atoms with E-state index < -0.39 is 0 Å². The van der Waals surface area contributed by atoms with Crippen molar-refractivity contribution in [3.05, 3.63) is 30.5 Å². The van der Waals surface area contributed by atoms with Crippen molar-refractivity contribution >= 4 is 10.9 Å². The number of nitrogens with zero attached hydrogens (tertiary/aromatic N) is 1. The van der Waals surface area contributed by atoms with Crippen LogP contribution in [-0.2, 0) is 6.54 Å². The zero-order chi connectivity index (χ0) is 9.26. The van der Waals surface area contributed by atoms with E-state index in [1.165, 1.54) is 0 Å². The fourth-order valence-electron chi connectivity index (χ4n) is 1.57. The first kappa shape index (κ1) is 8.13. The van der Waals surface area contributed by atoms with Crippen LogP contribution in [0.25, 0.3) is 10.9 Å². The molecule has 0 amide bonds. The van der Waals surface area contributed by atoms with Crippen LogP contribution < -0.4 is 5.73 Å². The number of para-hydroxylation sites is 1. The third-order valence-corrected chi connectivity index (χ3v) is 2.14. The van der Waals surface area contributed by atoms with Crippen LogP contribution in [0.2, 0.25) is 0 Å². The lowest BCUT2D eigenvalue weighted by Gasteiger charge is -2.03. The van der Waals surface area contributed by atoms with Gasteiger partial charge in [-0.15, -0.1) is 0 Å². The molecule has 0 unspecified atom stereocenters. The Bertz CT molecular complexity index is 420. The topological polar surface area (TPSA) is 51.2 Å². The van der Waals surface area contributed by atoms with E-state index in [0.29, 0.717) is 12.3 Å². The molecule has 0 fully saturated rings. The summed E-state index contributed by atoms with van der Waals surface area (Å²) in [6.07, 6.45) is 1.94. The number of aromatic hydroxyl groups is 1. The van der Waals surface area contributed by atoms with Crippen LogP contribution in [-0.4, -0.2) is 16.2 Å². The lowest BCUT2D eigenvalue weighted by molar-refractivity contribution is 0.477. The Labute approximate surface area is 76.4 Å². The van der Waals surface area contributed by atoms with E-state index in [-0.39, 0.29) is 0 Å². The number of fused-ring (bicyclic) bond motifs is 1. The number of benzene rings is 1. The average Bonchev–Trinajstić information content (AvgIpc) is 2.51. The summed E-state index contributed by atoms with van der Waals surface area (Å²) in [5.74, 6) is 0.316. The standard InChI is InChI=1S/C10H12N2O/c11-5-7-12-6-4-8-2-1-3-9(13)10(8)12/h1-4,6,13H,5,7,11H2. The van der Waals surface area contributed by atoms with Crippen LogP contribution in [0.3, 0.4) is 0 Å². The number of phenols is 1. The quantitative estimate of drug-likeness (QED) is 0.724. The summed E-state index contributed by atoms with van der Waals surface area (Å²) in [5.41, 5.74) is 6.33. The Morgan fingerprint density at radius 1 is 1.31 bits per heavy atom. The molecule has 1 heterocycles. The highest BCUT2D eigenvalue weighted by Gasteiger charge is 2.03. The fourth-order valence-corrected chi connectivity index (χ4v) is 1.57. The molecule has 3 N–H and O–H groups in total. The summed E-state index contributed by atoms with van der Waals surface area (Å²) in [6.45, 7) is 1.32. The second-order valence-electron chi connectivity index (χ2n) is 3.01. The van der Waals surface area contributed by atoms with Crippen LogP contribution in [0.4, 0.5) is 0 Å². The molecule has 0 spiro atoms. The minimum atomic E-state index is 0.316. The lowest BCUT2D eigenvalue weighted by atomic mass is 10.2. The zero-order valence-electron chi connectivity index (χ0n) is 7.27. The van der Waals surface area contributed by atoms with Gasteiger partial charge in [-0.1, -0.05) is 12.1 Å². The van der Waals surface area contributed by atoms with Crippen molar-refractivity contribution in [1.29, 1.82) is 0 Å². The number of hydrogen-bond donors (Lipinski definition) is 2. The van der Waals surface area contributed by atoms with Gasteiger partial charge in [0.25, 0.3) is 0 Å². The van der Waals surface area contributed by atoms with Crippen molar-refractivity contribution < 1.29 is 5.11 Å². The normalized spacial score (nSPS) is 10.8. The highest BCUT2D eigenvalue weighted by molar-refractivity contribution is 5.85. The maximum atomic E-state index is 9.61. The van der Waals surface area contributed by atoms with E-state index in [0.717, 1.165) is 17.4 Å². The Kier molecular flexibility index (Phi) is 1.94. The molecule has 0 aliphatic heterocycles. The Morgan fingerprint density at radius 2 is 2.15 bits per heavy atom. The molecule has 2 rings (SSSR count). The molecule has 0 bridgehead atoms. The summed E-state index contributed by atoms with van der Waals surface area (Å²) < 4.78 is 1.96. The second-order valence-corrected chi connectivity index (χ2v) is 3.01. The van der Waals surface area contributed by atoms with E-state index in [4.69, 9.17) is 5.73 Å². The molecule has 1 aromatic heterocycles. The predicted molar refractivity (Wildman–Crippen MR) is 52.7 cm³/mol. The molecule has 0 saturated heterocycles. The van der Waals surface area contributed by atoms with Crippen LogP contribution >= 0.6 is 0 Å². The first-order chi connectivity index (χ1) is 6.33. The van der Waals surface area contributed by atoms with Gasteiger partial charge in [-0.2, -0.15) is 0 Å². The van der Waals surface area contributed by atoms with Gasteiger partial charge in [0.2, 0.25) is 0 Å². The maximum Gasteiger partial charge on any atom is 0.139 e. The zero-order valence-corrected chi connectivity index (χ0v) is 7.27. The van der Waals surface area contributed by atoms with E-state index in [9.17, 15) is 5.11 Å². The van der Waals surface area contributed by atoms with Crippen LogP contribution in [0, 0.1) is 0 Å². The van der Waals surface area contributed by atoms with E-state index >= 15 is 0 Å². The third-order valence-electron chi connectivity index (χ3n) is 2.14. The van der Waals surface area contributed by atoms with E-state index in [2.05, 4.69) is 0 Å². The molecule has 68 valence electrons. The van der Waals surface area contributed by atoms with Gasteiger partial charge < -0.3 is 15.4 Å². The van der Waals surface area contributed by atoms with Crippen LogP contribution in [0.5, 0.6) is 5.75 Å². The van der Waals surface area contributed by atoms with Gasteiger partial charge >= 0.3 is 0 Å². The molecule has 3 nitrogen and oxygen atoms in total. The number of phenolic OH excluding ortho intramolecular Hbond substituents is 1. The summed E-state index contributed by atoms with van der Waals surface area (Å²) >= 11 is 0. The third kappa shape index (κ3) is 1.27. The largest absolute Gasteiger partial charge is 0.506 e. The Morgan fingerprint density at radius 3 is 2.92 bits per heavy atom. The first-order valence-corrected chi connectivity index (χ1v) is 4.30. The van der Waals surface area contributed by atoms with Gasteiger partial charge in [-0.05, 0) is 12.1 Å². The van der Waals surface area contributed by atoms with Crippen molar-refractivity contribution in [1.82, 2.24) is 4.57 Å². The molecule has 3 heteroatoms. The number of aromatic nitrogens is 1. The molecule has 0 radical (unpaired) electrons. The summed E-state index contributed by atoms with van der Waals surface area (Å²) in [5, 5.41) is 10.7. The highest BCUT2D eigenvalue weighted by Crippen LogP contribution is 2.24. The number of hydrogen-bond acceptors (Lipinski definition) is 2. The van der Waals surface area contributed by atoms with Crippen molar-refractivity contribution in [2.24, 2.45) is 5.73 Å². The van der Waals surface area contributed by atoms with Crippen LogP contribution in [0.1, 0.15) is 0 Å². The first-order valence-electron chi connectivity index (χ1n) is 4.30. The average molecular weight is 176 g/mol. The van der Waals surface area contributed by atoms with Gasteiger partial charge in [-0.25, -0.2) is 0 Å². The predicted octanol–water partition coefficient (Wildman–Crippen LogP) is 1.31. The molecule has 2 aromatic rings. The Balaban J connectivity index is 2.64. The monoisotopic (exact) mass is 176 g/mol. The van der Waals surface area contributed by atoms with Crippen LogP contribution in [0.15, 0.2) is 30.5 Å². The van der Waals surface area contributed by atoms with Crippen molar-refractivity contribution in [3.63, 3.8) is 0 Å².